The van der Waals surface area contributed by atoms with Gasteiger partial charge in [-0.05, 0) is 27.2 Å². The van der Waals surface area contributed by atoms with Crippen LogP contribution < -0.4 is 10.2 Å². The normalized spacial score (nSPS) is 10.7. The molecule has 1 N–H and O–H groups in total. The van der Waals surface area contributed by atoms with Gasteiger partial charge in [-0.2, -0.15) is 0 Å². The van der Waals surface area contributed by atoms with Crippen LogP contribution in [0.25, 0.3) is 0 Å². The SMILES string of the molecule is CCCCN(C)c1cc(NC(C)C)nc(C)n1. The Morgan fingerprint density at radius 3 is 2.65 bits per heavy atom. The summed E-state index contributed by atoms with van der Waals surface area (Å²) in [6.07, 6.45) is 2.39. The molecule has 0 saturated heterocycles. The zero-order chi connectivity index (χ0) is 12.8. The number of rotatable bonds is 6. The number of nitrogens with one attached hydrogen (secondary N) is 1. The molecule has 0 radical (unpaired) electrons. The first kappa shape index (κ1) is 13.7. The van der Waals surface area contributed by atoms with Crippen LogP contribution in [-0.2, 0) is 0 Å². The van der Waals surface area contributed by atoms with E-state index in [0.29, 0.717) is 6.04 Å². The summed E-state index contributed by atoms with van der Waals surface area (Å²) < 4.78 is 0. The summed E-state index contributed by atoms with van der Waals surface area (Å²) in [5, 5.41) is 3.32. The standard InChI is InChI=1S/C13H24N4/c1-6-7-8-17(5)13-9-12(14-10(2)3)15-11(4)16-13/h9-10H,6-8H2,1-5H3,(H,14,15,16). The first-order chi connectivity index (χ1) is 8.02. The molecular weight excluding hydrogens is 212 g/mol. The fourth-order valence-corrected chi connectivity index (χ4v) is 1.63. The Kier molecular flexibility index (Phi) is 5.19. The van der Waals surface area contributed by atoms with E-state index in [1.165, 1.54) is 12.8 Å². The minimum atomic E-state index is 0.387. The van der Waals surface area contributed by atoms with Crippen molar-refractivity contribution in [2.24, 2.45) is 0 Å². The van der Waals surface area contributed by atoms with Gasteiger partial charge in [0.1, 0.15) is 17.5 Å². The van der Waals surface area contributed by atoms with Crippen molar-refractivity contribution in [1.29, 1.82) is 0 Å². The van der Waals surface area contributed by atoms with E-state index >= 15 is 0 Å². The second-order valence-electron chi connectivity index (χ2n) is 4.73. The van der Waals surface area contributed by atoms with Crippen molar-refractivity contribution < 1.29 is 0 Å². The summed E-state index contributed by atoms with van der Waals surface area (Å²) in [4.78, 5) is 11.0. The smallest absolute Gasteiger partial charge is 0.134 e. The van der Waals surface area contributed by atoms with Crippen LogP contribution in [0.15, 0.2) is 6.07 Å². The van der Waals surface area contributed by atoms with Gasteiger partial charge in [0.2, 0.25) is 0 Å². The number of aromatic nitrogens is 2. The molecule has 0 aliphatic carbocycles. The van der Waals surface area contributed by atoms with Crippen molar-refractivity contribution in [3.8, 4) is 0 Å². The van der Waals surface area contributed by atoms with Crippen LogP contribution in [0, 0.1) is 6.92 Å². The fraction of sp³-hybridized carbons (Fsp3) is 0.692. The van der Waals surface area contributed by atoms with Gasteiger partial charge in [-0.15, -0.1) is 0 Å². The van der Waals surface area contributed by atoms with Crippen LogP contribution in [-0.4, -0.2) is 29.6 Å². The largest absolute Gasteiger partial charge is 0.368 e. The van der Waals surface area contributed by atoms with E-state index in [4.69, 9.17) is 0 Å². The third kappa shape index (κ3) is 4.59. The molecule has 0 amide bonds. The molecule has 0 spiro atoms. The number of hydrogen-bond acceptors (Lipinski definition) is 4. The molecule has 0 fully saturated rings. The van der Waals surface area contributed by atoms with E-state index in [9.17, 15) is 0 Å². The fourth-order valence-electron chi connectivity index (χ4n) is 1.63. The van der Waals surface area contributed by atoms with Crippen molar-refractivity contribution in [3.63, 3.8) is 0 Å². The molecular formula is C13H24N4. The van der Waals surface area contributed by atoms with E-state index in [-0.39, 0.29) is 0 Å². The molecule has 1 heterocycles. The Morgan fingerprint density at radius 1 is 1.35 bits per heavy atom. The van der Waals surface area contributed by atoms with Gasteiger partial charge >= 0.3 is 0 Å². The van der Waals surface area contributed by atoms with Crippen molar-refractivity contribution in [3.05, 3.63) is 11.9 Å². The Bertz CT molecular complexity index is 349. The van der Waals surface area contributed by atoms with Crippen molar-refractivity contribution in [1.82, 2.24) is 9.97 Å². The van der Waals surface area contributed by atoms with Crippen LogP contribution >= 0.6 is 0 Å². The first-order valence-electron chi connectivity index (χ1n) is 6.36. The predicted octanol–water partition coefficient (Wildman–Crippen LogP) is 2.84. The third-order valence-electron chi connectivity index (χ3n) is 2.50. The highest BCUT2D eigenvalue weighted by atomic mass is 15.2. The molecule has 1 aromatic heterocycles. The van der Waals surface area contributed by atoms with Gasteiger partial charge in [0.15, 0.2) is 0 Å². The summed E-state index contributed by atoms with van der Waals surface area (Å²) >= 11 is 0. The van der Waals surface area contributed by atoms with Crippen LogP contribution in [0.4, 0.5) is 11.6 Å². The summed E-state index contributed by atoms with van der Waals surface area (Å²) in [5.41, 5.74) is 0. The summed E-state index contributed by atoms with van der Waals surface area (Å²) in [6, 6.07) is 2.40. The van der Waals surface area contributed by atoms with E-state index in [1.54, 1.807) is 0 Å². The monoisotopic (exact) mass is 236 g/mol. The number of anilines is 2. The maximum Gasteiger partial charge on any atom is 0.134 e. The Hall–Kier alpha value is -1.32. The summed E-state index contributed by atoms with van der Waals surface area (Å²) in [6.45, 7) is 9.39. The van der Waals surface area contributed by atoms with Crippen LogP contribution in [0.3, 0.4) is 0 Å². The molecule has 4 heteroatoms. The van der Waals surface area contributed by atoms with Gasteiger partial charge in [-0.3, -0.25) is 0 Å². The highest BCUT2D eigenvalue weighted by molar-refractivity contribution is 5.49. The molecule has 17 heavy (non-hydrogen) atoms. The van der Waals surface area contributed by atoms with Crippen LogP contribution in [0.1, 0.15) is 39.4 Å². The van der Waals surface area contributed by atoms with Crippen LogP contribution in [0.2, 0.25) is 0 Å². The van der Waals surface area contributed by atoms with Crippen molar-refractivity contribution in [2.45, 2.75) is 46.6 Å². The molecule has 0 saturated carbocycles. The minimum absolute atomic E-state index is 0.387. The number of aryl methyl sites for hydroxylation is 1. The first-order valence-corrected chi connectivity index (χ1v) is 6.36. The highest BCUT2D eigenvalue weighted by Gasteiger charge is 2.06. The average molecular weight is 236 g/mol. The van der Waals surface area contributed by atoms with Gasteiger partial charge in [0, 0.05) is 25.7 Å². The summed E-state index contributed by atoms with van der Waals surface area (Å²) in [5.74, 6) is 2.72. The van der Waals surface area contributed by atoms with E-state index < -0.39 is 0 Å². The molecule has 0 bridgehead atoms. The van der Waals surface area contributed by atoms with Gasteiger partial charge in [0.05, 0.1) is 0 Å². The second kappa shape index (κ2) is 6.42. The van der Waals surface area contributed by atoms with Gasteiger partial charge in [-0.25, -0.2) is 9.97 Å². The van der Waals surface area contributed by atoms with Gasteiger partial charge in [-0.1, -0.05) is 13.3 Å². The molecule has 0 aromatic carbocycles. The maximum atomic E-state index is 4.47. The van der Waals surface area contributed by atoms with Gasteiger partial charge < -0.3 is 10.2 Å². The maximum absolute atomic E-state index is 4.47. The third-order valence-corrected chi connectivity index (χ3v) is 2.50. The Morgan fingerprint density at radius 2 is 2.06 bits per heavy atom. The molecule has 0 aliphatic heterocycles. The lowest BCUT2D eigenvalue weighted by Crippen LogP contribution is -2.21. The topological polar surface area (TPSA) is 41.0 Å². The number of unbranched alkanes of at least 4 members (excludes halogenated alkanes) is 1. The molecule has 1 rings (SSSR count). The minimum Gasteiger partial charge on any atom is -0.368 e. The lowest BCUT2D eigenvalue weighted by atomic mass is 10.3. The Balaban J connectivity index is 2.81. The lowest BCUT2D eigenvalue weighted by molar-refractivity contribution is 0.756. The average Bonchev–Trinajstić information content (AvgIpc) is 2.24. The number of nitrogens with zero attached hydrogens (tertiary/aromatic N) is 3. The van der Waals surface area contributed by atoms with E-state index in [2.05, 4.69) is 48.0 Å². The molecule has 96 valence electrons. The molecule has 0 aliphatic rings. The molecule has 0 unspecified atom stereocenters. The second-order valence-corrected chi connectivity index (χ2v) is 4.73. The number of hydrogen-bond donors (Lipinski definition) is 1. The lowest BCUT2D eigenvalue weighted by Gasteiger charge is -2.19. The summed E-state index contributed by atoms with van der Waals surface area (Å²) in [7, 11) is 2.08. The zero-order valence-corrected chi connectivity index (χ0v) is 11.6. The molecule has 4 nitrogen and oxygen atoms in total. The molecule has 1 aromatic rings. The Labute approximate surface area is 104 Å². The van der Waals surface area contributed by atoms with Crippen LogP contribution in [0.5, 0.6) is 0 Å². The van der Waals surface area contributed by atoms with Crippen molar-refractivity contribution in [2.75, 3.05) is 23.8 Å². The van der Waals surface area contributed by atoms with E-state index in [0.717, 1.165) is 24.0 Å². The van der Waals surface area contributed by atoms with Crippen molar-refractivity contribution >= 4 is 11.6 Å². The van der Waals surface area contributed by atoms with E-state index in [1.807, 2.05) is 13.0 Å². The predicted molar refractivity (Wildman–Crippen MR) is 73.7 cm³/mol. The highest BCUT2D eigenvalue weighted by Crippen LogP contribution is 2.15. The molecule has 0 atom stereocenters. The zero-order valence-electron chi connectivity index (χ0n) is 11.6. The van der Waals surface area contributed by atoms with Gasteiger partial charge in [0.25, 0.3) is 0 Å². The quantitative estimate of drug-likeness (QED) is 0.824.